The number of alkyl halides is 3. The summed E-state index contributed by atoms with van der Waals surface area (Å²) < 4.78 is 43.7. The van der Waals surface area contributed by atoms with Crippen LogP contribution < -0.4 is 10.3 Å². The maximum atomic E-state index is 12.7. The first-order valence-corrected chi connectivity index (χ1v) is 7.76. The van der Waals surface area contributed by atoms with Gasteiger partial charge in [0.15, 0.2) is 5.52 Å². The third-order valence-corrected chi connectivity index (χ3v) is 3.95. The molecule has 0 aliphatic rings. The quantitative estimate of drug-likeness (QED) is 0.597. The van der Waals surface area contributed by atoms with Crippen molar-refractivity contribution in [1.82, 2.24) is 24.3 Å². The van der Waals surface area contributed by atoms with Gasteiger partial charge in [-0.2, -0.15) is 5.10 Å². The molecule has 0 saturated heterocycles. The zero-order valence-electron chi connectivity index (χ0n) is 13.9. The number of imidazole rings is 1. The zero-order valence-corrected chi connectivity index (χ0v) is 13.9. The van der Waals surface area contributed by atoms with Crippen LogP contribution in [0.1, 0.15) is 0 Å². The molecule has 0 aliphatic carbocycles. The van der Waals surface area contributed by atoms with Gasteiger partial charge >= 0.3 is 6.36 Å². The molecule has 0 aliphatic heterocycles. The number of nitrogens with one attached hydrogen (secondary N) is 1. The highest BCUT2D eigenvalue weighted by Crippen LogP contribution is 2.27. The molecule has 10 heteroatoms. The second-order valence-corrected chi connectivity index (χ2v) is 5.79. The van der Waals surface area contributed by atoms with E-state index in [4.69, 9.17) is 0 Å². The highest BCUT2D eigenvalue weighted by Gasteiger charge is 2.31. The number of rotatable bonds is 3. The summed E-state index contributed by atoms with van der Waals surface area (Å²) in [4.78, 5) is 19.8. The van der Waals surface area contributed by atoms with Crippen LogP contribution in [0.3, 0.4) is 0 Å². The summed E-state index contributed by atoms with van der Waals surface area (Å²) in [5.41, 5.74) is 2.20. The highest BCUT2D eigenvalue weighted by molar-refractivity contribution is 5.90. The average Bonchev–Trinajstić information content (AvgIpc) is 3.24. The second kappa shape index (κ2) is 6.01. The third-order valence-electron chi connectivity index (χ3n) is 3.95. The van der Waals surface area contributed by atoms with Gasteiger partial charge < -0.3 is 9.72 Å². The topological polar surface area (TPSA) is 77.7 Å². The van der Waals surface area contributed by atoms with Crippen LogP contribution in [0.25, 0.3) is 27.8 Å². The Labute approximate surface area is 149 Å². The van der Waals surface area contributed by atoms with Gasteiger partial charge in [-0.1, -0.05) is 0 Å². The fourth-order valence-electron chi connectivity index (χ4n) is 2.81. The van der Waals surface area contributed by atoms with Crippen LogP contribution in [-0.4, -0.2) is 30.7 Å². The van der Waals surface area contributed by atoms with Crippen molar-refractivity contribution in [2.75, 3.05) is 0 Å². The number of halogens is 3. The van der Waals surface area contributed by atoms with Gasteiger partial charge in [0.2, 0.25) is 0 Å². The highest BCUT2D eigenvalue weighted by atomic mass is 19.4. The van der Waals surface area contributed by atoms with Gasteiger partial charge in [-0.3, -0.25) is 14.0 Å². The van der Waals surface area contributed by atoms with E-state index in [-0.39, 0.29) is 11.3 Å². The van der Waals surface area contributed by atoms with E-state index >= 15 is 0 Å². The summed E-state index contributed by atoms with van der Waals surface area (Å²) in [5.74, 6) is -0.368. The summed E-state index contributed by atoms with van der Waals surface area (Å²) >= 11 is 0. The van der Waals surface area contributed by atoms with Crippen molar-refractivity contribution < 1.29 is 17.9 Å². The van der Waals surface area contributed by atoms with Crippen molar-refractivity contribution >= 4 is 11.0 Å². The van der Waals surface area contributed by atoms with Crippen LogP contribution in [0.5, 0.6) is 5.75 Å². The number of hydrogen-bond acceptors (Lipinski definition) is 4. The Morgan fingerprint density at radius 1 is 1.15 bits per heavy atom. The third kappa shape index (κ3) is 3.16. The number of aromatic amines is 1. The largest absolute Gasteiger partial charge is 0.573 e. The molecule has 0 saturated carbocycles. The van der Waals surface area contributed by atoms with Crippen molar-refractivity contribution in [2.45, 2.75) is 6.36 Å². The fourth-order valence-corrected chi connectivity index (χ4v) is 2.81. The van der Waals surface area contributed by atoms with Gasteiger partial charge in [-0.25, -0.2) is 4.98 Å². The summed E-state index contributed by atoms with van der Waals surface area (Å²) in [6.45, 7) is 0. The lowest BCUT2D eigenvalue weighted by atomic mass is 10.1. The second-order valence-electron chi connectivity index (χ2n) is 5.79. The van der Waals surface area contributed by atoms with Crippen LogP contribution in [-0.2, 0) is 7.05 Å². The smallest absolute Gasteiger partial charge is 0.406 e. The van der Waals surface area contributed by atoms with E-state index in [0.717, 1.165) is 17.7 Å². The average molecular weight is 375 g/mol. The van der Waals surface area contributed by atoms with Crippen molar-refractivity contribution in [1.29, 1.82) is 0 Å². The van der Waals surface area contributed by atoms with Crippen molar-refractivity contribution in [3.05, 3.63) is 59.5 Å². The predicted octanol–water partition coefficient (Wildman–Crippen LogP) is 3.01. The molecule has 0 spiro atoms. The molecule has 4 aromatic rings. The molecule has 0 amide bonds. The lowest BCUT2D eigenvalue weighted by molar-refractivity contribution is -0.274. The summed E-state index contributed by atoms with van der Waals surface area (Å²) in [5, 5.41) is 4.13. The SMILES string of the molecule is Cn1cc(-c2cn(-c3ccc(OC(F)(F)F)cc3)c(=O)c3nc[nH]c23)cn1. The van der Waals surface area contributed by atoms with Gasteiger partial charge in [0.05, 0.1) is 18.0 Å². The number of fused-ring (bicyclic) bond motifs is 1. The van der Waals surface area contributed by atoms with E-state index < -0.39 is 11.9 Å². The van der Waals surface area contributed by atoms with Crippen molar-refractivity contribution in [3.63, 3.8) is 0 Å². The molecular formula is C17H12F3N5O2. The van der Waals surface area contributed by atoms with Gasteiger partial charge in [0.1, 0.15) is 5.75 Å². The maximum absolute atomic E-state index is 12.7. The Morgan fingerprint density at radius 2 is 1.89 bits per heavy atom. The monoisotopic (exact) mass is 375 g/mol. The standard InChI is InChI=1S/C17H12F3N5O2/c1-24-7-10(6-23-24)13-8-25(16(26)15-14(13)21-9-22-15)11-2-4-12(5-3-11)27-17(18,19)20/h2-9H,1H3,(H,21,22). The Kier molecular flexibility index (Phi) is 3.76. The van der Waals surface area contributed by atoms with Crippen LogP contribution in [0.2, 0.25) is 0 Å². The molecule has 27 heavy (non-hydrogen) atoms. The predicted molar refractivity (Wildman–Crippen MR) is 90.6 cm³/mol. The normalized spacial score (nSPS) is 11.9. The molecule has 138 valence electrons. The maximum Gasteiger partial charge on any atom is 0.573 e. The Bertz CT molecular complexity index is 1170. The van der Waals surface area contributed by atoms with Crippen LogP contribution in [0.4, 0.5) is 13.2 Å². The van der Waals surface area contributed by atoms with Crippen molar-refractivity contribution in [2.24, 2.45) is 7.05 Å². The summed E-state index contributed by atoms with van der Waals surface area (Å²) in [6.07, 6.45) is 1.66. The Balaban J connectivity index is 1.85. The number of aryl methyl sites for hydroxylation is 1. The first-order chi connectivity index (χ1) is 12.8. The van der Waals surface area contributed by atoms with Gasteiger partial charge in [-0.05, 0) is 24.3 Å². The molecule has 7 nitrogen and oxygen atoms in total. The fraction of sp³-hybridized carbons (Fsp3) is 0.118. The number of H-pyrrole nitrogens is 1. The number of aromatic nitrogens is 5. The number of benzene rings is 1. The Hall–Kier alpha value is -3.56. The first kappa shape index (κ1) is 16.9. The molecule has 0 radical (unpaired) electrons. The molecule has 1 aromatic carbocycles. The molecule has 0 bridgehead atoms. The lowest BCUT2D eigenvalue weighted by Crippen LogP contribution is -2.19. The van der Waals surface area contributed by atoms with Crippen LogP contribution in [0, 0.1) is 0 Å². The molecule has 3 heterocycles. The van der Waals surface area contributed by atoms with E-state index in [0.29, 0.717) is 16.8 Å². The van der Waals surface area contributed by atoms with Gasteiger partial charge in [0.25, 0.3) is 5.56 Å². The van der Waals surface area contributed by atoms with E-state index in [1.54, 1.807) is 30.3 Å². The molecule has 1 N–H and O–H groups in total. The molecule has 3 aromatic heterocycles. The summed E-state index contributed by atoms with van der Waals surface area (Å²) in [6, 6.07) is 5.03. The molecule has 0 unspecified atom stereocenters. The number of hydrogen-bond donors (Lipinski definition) is 1. The van der Waals surface area contributed by atoms with E-state index in [1.165, 1.54) is 23.0 Å². The summed E-state index contributed by atoms with van der Waals surface area (Å²) in [7, 11) is 1.77. The van der Waals surface area contributed by atoms with E-state index in [9.17, 15) is 18.0 Å². The minimum Gasteiger partial charge on any atom is -0.406 e. The van der Waals surface area contributed by atoms with E-state index in [1.807, 2.05) is 0 Å². The minimum absolute atomic E-state index is 0.215. The van der Waals surface area contributed by atoms with Crippen LogP contribution in [0.15, 0.2) is 54.0 Å². The number of ether oxygens (including phenoxy) is 1. The first-order valence-electron chi connectivity index (χ1n) is 7.76. The van der Waals surface area contributed by atoms with Gasteiger partial charge in [-0.15, -0.1) is 13.2 Å². The van der Waals surface area contributed by atoms with Gasteiger partial charge in [0, 0.05) is 36.3 Å². The molecule has 0 atom stereocenters. The van der Waals surface area contributed by atoms with Crippen LogP contribution >= 0.6 is 0 Å². The number of nitrogens with zero attached hydrogens (tertiary/aromatic N) is 4. The Morgan fingerprint density at radius 3 is 2.52 bits per heavy atom. The van der Waals surface area contributed by atoms with Crippen molar-refractivity contribution in [3.8, 4) is 22.6 Å². The minimum atomic E-state index is -4.78. The lowest BCUT2D eigenvalue weighted by Gasteiger charge is -2.11. The number of pyridine rings is 1. The zero-order chi connectivity index (χ0) is 19.2. The molecular weight excluding hydrogens is 363 g/mol. The molecule has 0 fully saturated rings. The van der Waals surface area contributed by atoms with E-state index in [2.05, 4.69) is 19.8 Å². The molecule has 4 rings (SSSR count).